The molecule has 2 aromatic carbocycles. The molecule has 8 heteroatoms. The third kappa shape index (κ3) is 7.49. The molecule has 1 unspecified atom stereocenters. The highest BCUT2D eigenvalue weighted by Gasteiger charge is 2.34. The first-order valence-corrected chi connectivity index (χ1v) is 19.4. The van der Waals surface area contributed by atoms with Crippen LogP contribution in [-0.2, 0) is 27.8 Å². The van der Waals surface area contributed by atoms with Crippen LogP contribution in [0, 0.1) is 36.4 Å². The molecule has 0 amide bonds. The van der Waals surface area contributed by atoms with Gasteiger partial charge in [-0.3, -0.25) is 14.6 Å². The number of hydrogen-bond acceptors (Lipinski definition) is 6. The molecular weight excluding hydrogens is 626 g/mol. The smallest absolute Gasteiger partial charge is 0.306 e. The van der Waals surface area contributed by atoms with Crippen molar-refractivity contribution in [1.29, 1.82) is 0 Å². The lowest BCUT2D eigenvalue weighted by Crippen LogP contribution is -2.31. The summed E-state index contributed by atoms with van der Waals surface area (Å²) in [5.41, 5.74) is 6.97. The third-order valence-corrected chi connectivity index (χ3v) is 11.3. The molecule has 6 nitrogen and oxygen atoms in total. The van der Waals surface area contributed by atoms with Crippen molar-refractivity contribution in [3.05, 3.63) is 94.0 Å². The number of nitrogens with zero attached hydrogens (tertiary/aromatic N) is 1. The van der Waals surface area contributed by atoms with E-state index in [2.05, 4.69) is 31.2 Å². The fourth-order valence-corrected chi connectivity index (χ4v) is 8.61. The Morgan fingerprint density at radius 2 is 1.67 bits per heavy atom. The molecule has 0 spiro atoms. The monoisotopic (exact) mass is 671 g/mol. The van der Waals surface area contributed by atoms with E-state index >= 15 is 4.39 Å². The normalized spacial score (nSPS) is 23.1. The number of rotatable bonds is 10. The van der Waals surface area contributed by atoms with E-state index in [0.717, 1.165) is 84.7 Å². The standard InChI is InChI=1S/C40H46FNO5S/c1-4-27-21-26(13-18-35(27)40(44)30-16-14-29(15-17-30)39(43)28-9-6-5-7-10-28)22-31-11-8-12-32-23-33(24-42-38(31)32)34-19-20-36(37(41)25(34)2)47-48(3,45)46/h8,11-13,18-21,24,28-30,32H,4-7,9-10,14-17,22-23H2,1-3H3. The van der Waals surface area contributed by atoms with Crippen molar-refractivity contribution in [3.63, 3.8) is 0 Å². The fraction of sp³-hybridized carbons (Fsp3) is 0.475. The van der Waals surface area contributed by atoms with Gasteiger partial charge in [-0.15, -0.1) is 0 Å². The minimum Gasteiger partial charge on any atom is -0.379 e. The molecular formula is C40H46FNO5S. The molecule has 0 aromatic heterocycles. The van der Waals surface area contributed by atoms with Crippen LogP contribution in [-0.4, -0.2) is 32.0 Å². The molecule has 2 aromatic rings. The largest absolute Gasteiger partial charge is 0.379 e. The van der Waals surface area contributed by atoms with E-state index in [4.69, 9.17) is 9.18 Å². The molecule has 1 heterocycles. The number of benzene rings is 2. The molecule has 0 N–H and O–H groups in total. The lowest BCUT2D eigenvalue weighted by Gasteiger charge is -2.31. The summed E-state index contributed by atoms with van der Waals surface area (Å²) >= 11 is 0. The number of carbonyl (C=O) groups is 2. The predicted molar refractivity (Wildman–Crippen MR) is 188 cm³/mol. The molecule has 3 aliphatic carbocycles. The Balaban J connectivity index is 1.13. The Labute approximate surface area is 284 Å². The molecule has 4 aliphatic rings. The second kappa shape index (κ2) is 14.5. The van der Waals surface area contributed by atoms with Crippen LogP contribution in [0.3, 0.4) is 0 Å². The highest BCUT2D eigenvalue weighted by molar-refractivity contribution is 7.86. The Hall–Kier alpha value is -3.65. The molecule has 2 saturated carbocycles. The zero-order valence-electron chi connectivity index (χ0n) is 28.3. The van der Waals surface area contributed by atoms with Crippen LogP contribution in [0.2, 0.25) is 0 Å². The first-order valence-electron chi connectivity index (χ1n) is 17.6. The summed E-state index contributed by atoms with van der Waals surface area (Å²) in [5.74, 6) is 0.0749. The van der Waals surface area contributed by atoms with Gasteiger partial charge >= 0.3 is 10.1 Å². The van der Waals surface area contributed by atoms with E-state index in [0.29, 0.717) is 29.8 Å². The number of allylic oxidation sites excluding steroid dienone is 5. The van der Waals surface area contributed by atoms with Crippen molar-refractivity contribution >= 4 is 33.0 Å². The molecule has 0 radical (unpaired) electrons. The van der Waals surface area contributed by atoms with Gasteiger partial charge in [0.2, 0.25) is 0 Å². The van der Waals surface area contributed by atoms with Crippen molar-refractivity contribution in [2.45, 2.75) is 90.9 Å². The van der Waals surface area contributed by atoms with Gasteiger partial charge in [0.15, 0.2) is 17.3 Å². The number of aryl methyl sites for hydroxylation is 1. The maximum atomic E-state index is 15.0. The zero-order chi connectivity index (χ0) is 34.0. The van der Waals surface area contributed by atoms with Gasteiger partial charge in [-0.2, -0.15) is 8.42 Å². The maximum Gasteiger partial charge on any atom is 0.306 e. The first kappa shape index (κ1) is 34.2. The van der Waals surface area contributed by atoms with Gasteiger partial charge < -0.3 is 4.18 Å². The maximum absolute atomic E-state index is 15.0. The lowest BCUT2D eigenvalue weighted by atomic mass is 9.72. The predicted octanol–water partition coefficient (Wildman–Crippen LogP) is 8.71. The van der Waals surface area contributed by atoms with E-state index < -0.39 is 15.9 Å². The minimum atomic E-state index is -3.85. The SMILES string of the molecule is CCc1cc(CC2=CC=CC3CC(c4ccc(OS(C)(=O)=O)c(F)c4C)=CN=C23)ccc1C(=O)C1CCC(C(=O)C2CCCCC2)CC1. The Morgan fingerprint density at radius 3 is 2.38 bits per heavy atom. The van der Waals surface area contributed by atoms with Crippen molar-refractivity contribution < 1.29 is 26.6 Å². The summed E-state index contributed by atoms with van der Waals surface area (Å²) in [5, 5.41) is 0. The Morgan fingerprint density at radius 1 is 0.958 bits per heavy atom. The van der Waals surface area contributed by atoms with Crippen LogP contribution in [0.1, 0.15) is 104 Å². The topological polar surface area (TPSA) is 89.9 Å². The number of carbonyl (C=O) groups excluding carboxylic acids is 2. The zero-order valence-corrected chi connectivity index (χ0v) is 29.1. The van der Waals surface area contributed by atoms with E-state index in [1.165, 1.54) is 25.3 Å². The molecule has 254 valence electrons. The second-order valence-corrected chi connectivity index (χ2v) is 15.6. The Kier molecular flexibility index (Phi) is 10.3. The molecule has 1 aliphatic heterocycles. The first-order chi connectivity index (χ1) is 23.0. The average molecular weight is 672 g/mol. The van der Waals surface area contributed by atoms with Gasteiger partial charge in [0.25, 0.3) is 0 Å². The van der Waals surface area contributed by atoms with E-state index in [9.17, 15) is 18.0 Å². The number of ketones is 2. The lowest BCUT2D eigenvalue weighted by molar-refractivity contribution is -0.128. The number of Topliss-reactive ketones (excluding diaryl/α,β-unsaturated/α-hetero) is 2. The van der Waals surface area contributed by atoms with E-state index in [1.807, 2.05) is 12.1 Å². The molecule has 2 fully saturated rings. The summed E-state index contributed by atoms with van der Waals surface area (Å²) in [7, 11) is -3.85. The number of hydrogen-bond donors (Lipinski definition) is 0. The van der Waals surface area contributed by atoms with Gasteiger partial charge in [-0.25, -0.2) is 4.39 Å². The molecule has 6 rings (SSSR count). The average Bonchev–Trinajstić information content (AvgIpc) is 3.09. The molecule has 0 bridgehead atoms. The summed E-state index contributed by atoms with van der Waals surface area (Å²) in [6.45, 7) is 3.71. The van der Waals surface area contributed by atoms with E-state index in [1.54, 1.807) is 19.2 Å². The van der Waals surface area contributed by atoms with Gasteiger partial charge in [0.1, 0.15) is 5.78 Å². The highest BCUT2D eigenvalue weighted by Crippen LogP contribution is 2.38. The van der Waals surface area contributed by atoms with Crippen molar-refractivity contribution in [2.24, 2.45) is 28.7 Å². The number of fused-ring (bicyclic) bond motifs is 1. The van der Waals surface area contributed by atoms with Gasteiger partial charge in [-0.1, -0.05) is 68.7 Å². The van der Waals surface area contributed by atoms with Crippen molar-refractivity contribution in [3.8, 4) is 5.75 Å². The van der Waals surface area contributed by atoms with Crippen molar-refractivity contribution in [1.82, 2.24) is 0 Å². The summed E-state index contributed by atoms with van der Waals surface area (Å²) in [6.07, 6.45) is 20.0. The van der Waals surface area contributed by atoms with Crippen LogP contribution in [0.25, 0.3) is 5.57 Å². The number of aliphatic imine (C=N–C) groups is 1. The van der Waals surface area contributed by atoms with Crippen LogP contribution < -0.4 is 4.18 Å². The van der Waals surface area contributed by atoms with Crippen LogP contribution >= 0.6 is 0 Å². The number of halogens is 1. The van der Waals surface area contributed by atoms with Crippen molar-refractivity contribution in [2.75, 3.05) is 6.26 Å². The Bertz CT molecular complexity index is 1820. The van der Waals surface area contributed by atoms with Gasteiger partial charge in [0, 0.05) is 35.4 Å². The van der Waals surface area contributed by atoms with Gasteiger partial charge in [-0.05, 0) is 104 Å². The molecule has 1 atom stereocenters. The minimum absolute atomic E-state index is 0.0124. The fourth-order valence-electron chi connectivity index (χ4n) is 8.16. The van der Waals surface area contributed by atoms with Gasteiger partial charge in [0.05, 0.1) is 12.0 Å². The highest BCUT2D eigenvalue weighted by atomic mass is 32.2. The third-order valence-electron chi connectivity index (χ3n) is 10.8. The summed E-state index contributed by atoms with van der Waals surface area (Å²) in [6, 6.07) is 9.27. The molecule has 0 saturated heterocycles. The summed E-state index contributed by atoms with van der Waals surface area (Å²) in [4.78, 5) is 31.7. The van der Waals surface area contributed by atoms with Crippen LogP contribution in [0.15, 0.2) is 65.3 Å². The quantitative estimate of drug-likeness (QED) is 0.186. The summed E-state index contributed by atoms with van der Waals surface area (Å²) < 4.78 is 42.9. The van der Waals surface area contributed by atoms with E-state index in [-0.39, 0.29) is 35.2 Å². The second-order valence-electron chi connectivity index (χ2n) is 14.1. The molecule has 48 heavy (non-hydrogen) atoms. The van der Waals surface area contributed by atoms with Crippen LogP contribution in [0.5, 0.6) is 5.75 Å². The van der Waals surface area contributed by atoms with Crippen LogP contribution in [0.4, 0.5) is 4.39 Å².